The van der Waals surface area contributed by atoms with Gasteiger partial charge >= 0.3 is 11.4 Å². The Hall–Kier alpha value is -3.15. The maximum absolute atomic E-state index is 11.2. The normalized spacial score (nSPS) is 20.5. The maximum atomic E-state index is 11.2. The molecular formula is C26H31N5O5S. The van der Waals surface area contributed by atoms with Crippen molar-refractivity contribution in [2.45, 2.75) is 45.6 Å². The summed E-state index contributed by atoms with van der Waals surface area (Å²) in [5, 5.41) is 0. The number of nitrogens with zero attached hydrogens (tertiary/aromatic N) is 5. The number of aromatic nitrogens is 4. The molecule has 0 N–H and O–H groups in total. The van der Waals surface area contributed by atoms with Gasteiger partial charge < -0.3 is 14.4 Å². The Labute approximate surface area is 219 Å². The highest BCUT2D eigenvalue weighted by molar-refractivity contribution is 7.75. The number of piperidine rings is 1. The first-order valence-electron chi connectivity index (χ1n) is 12.6. The molecule has 0 atom stereocenters. The van der Waals surface area contributed by atoms with Gasteiger partial charge in [-0.2, -0.15) is 4.21 Å². The van der Waals surface area contributed by atoms with Gasteiger partial charge in [0.05, 0.1) is 18.8 Å². The summed E-state index contributed by atoms with van der Waals surface area (Å²) in [6.45, 7) is 6.50. The number of rotatable bonds is 8. The van der Waals surface area contributed by atoms with Crippen LogP contribution in [0.25, 0.3) is 0 Å². The molecule has 0 saturated carbocycles. The van der Waals surface area contributed by atoms with E-state index in [-0.39, 0.29) is 12.0 Å². The summed E-state index contributed by atoms with van der Waals surface area (Å²) in [7, 11) is 0. The molecule has 2 aliphatic rings. The van der Waals surface area contributed by atoms with Crippen LogP contribution in [0.3, 0.4) is 0 Å². The summed E-state index contributed by atoms with van der Waals surface area (Å²) >= 11 is -1.61. The van der Waals surface area contributed by atoms with Crippen molar-refractivity contribution in [3.8, 4) is 17.5 Å². The zero-order chi connectivity index (χ0) is 25.6. The number of hydrogen-bond acceptors (Lipinski definition) is 10. The molecule has 11 heteroatoms. The summed E-state index contributed by atoms with van der Waals surface area (Å²) in [5.41, 5.74) is 3.02. The van der Waals surface area contributed by atoms with Crippen molar-refractivity contribution in [3.05, 3.63) is 59.7 Å². The third-order valence-electron chi connectivity index (χ3n) is 6.56. The van der Waals surface area contributed by atoms with Crippen LogP contribution < -0.4 is 14.4 Å². The summed E-state index contributed by atoms with van der Waals surface area (Å²) in [6, 6.07) is 7.82. The van der Waals surface area contributed by atoms with Gasteiger partial charge in [-0.3, -0.25) is 8.37 Å². The van der Waals surface area contributed by atoms with E-state index in [1.165, 1.54) is 6.33 Å². The van der Waals surface area contributed by atoms with E-state index in [1.54, 1.807) is 0 Å². The monoisotopic (exact) mass is 525 g/mol. The minimum atomic E-state index is -1.61. The van der Waals surface area contributed by atoms with Crippen LogP contribution in [0.5, 0.6) is 17.5 Å². The van der Waals surface area contributed by atoms with Crippen molar-refractivity contribution < 1.29 is 22.0 Å². The maximum Gasteiger partial charge on any atom is 0.304 e. The third kappa shape index (κ3) is 6.60. The minimum absolute atomic E-state index is 0.0528. The second-order valence-corrected chi connectivity index (χ2v) is 10.1. The lowest BCUT2D eigenvalue weighted by Crippen LogP contribution is -2.39. The Morgan fingerprint density at radius 2 is 1.65 bits per heavy atom. The molecular weight excluding hydrogens is 494 g/mol. The molecule has 1 aromatic carbocycles. The van der Waals surface area contributed by atoms with Crippen LogP contribution in [0.15, 0.2) is 43.0 Å². The molecule has 0 spiro atoms. The summed E-state index contributed by atoms with van der Waals surface area (Å²) in [6.07, 6.45) is 8.73. The standard InChI is InChI=1S/C26H31N5O5S/c1-3-19-13-27-26(28-14-19)31-10-8-23(9-11-31)36-25-18(2)24(29-17-30-25)35-22-6-4-20(5-7-22)12-21-15-33-37(32)34-16-21/h4-7,13-14,17,21,23H,3,8-12,15-16H2,1-2H3/t21-,37+. The smallest absolute Gasteiger partial charge is 0.304 e. The predicted molar refractivity (Wildman–Crippen MR) is 138 cm³/mol. The first-order chi connectivity index (χ1) is 18.1. The van der Waals surface area contributed by atoms with Crippen molar-refractivity contribution in [2.24, 2.45) is 5.92 Å². The van der Waals surface area contributed by atoms with Crippen molar-refractivity contribution >= 4 is 17.3 Å². The number of aryl methyl sites for hydroxylation is 1. The molecule has 0 aliphatic carbocycles. The molecule has 2 aromatic heterocycles. The molecule has 10 nitrogen and oxygen atoms in total. The molecule has 0 radical (unpaired) electrons. The summed E-state index contributed by atoms with van der Waals surface area (Å²) in [5.74, 6) is 2.63. The van der Waals surface area contributed by atoms with Crippen LogP contribution in [0, 0.1) is 12.8 Å². The van der Waals surface area contributed by atoms with E-state index in [9.17, 15) is 4.21 Å². The van der Waals surface area contributed by atoms with E-state index in [1.807, 2.05) is 43.6 Å². The third-order valence-corrected chi connectivity index (χ3v) is 7.21. The number of ether oxygens (including phenoxy) is 2. The minimum Gasteiger partial charge on any atom is -0.474 e. The van der Waals surface area contributed by atoms with E-state index in [0.717, 1.165) is 61.4 Å². The molecule has 0 amide bonds. The zero-order valence-electron chi connectivity index (χ0n) is 21.0. The average Bonchev–Trinajstić information content (AvgIpc) is 2.94. The van der Waals surface area contributed by atoms with Gasteiger partial charge in [0.25, 0.3) is 0 Å². The molecule has 2 aliphatic heterocycles. The fourth-order valence-electron chi connectivity index (χ4n) is 4.31. The van der Waals surface area contributed by atoms with E-state index in [4.69, 9.17) is 17.8 Å². The quantitative estimate of drug-likeness (QED) is 0.431. The van der Waals surface area contributed by atoms with Gasteiger partial charge in [-0.1, -0.05) is 19.1 Å². The van der Waals surface area contributed by atoms with Gasteiger partial charge in [-0.25, -0.2) is 19.9 Å². The molecule has 0 bridgehead atoms. The molecule has 4 heterocycles. The van der Waals surface area contributed by atoms with Crippen LogP contribution in [0.1, 0.15) is 36.5 Å². The van der Waals surface area contributed by atoms with E-state index < -0.39 is 11.4 Å². The van der Waals surface area contributed by atoms with Crippen molar-refractivity contribution in [3.63, 3.8) is 0 Å². The fraction of sp³-hybridized carbons (Fsp3) is 0.462. The highest BCUT2D eigenvalue weighted by atomic mass is 32.2. The van der Waals surface area contributed by atoms with Gasteiger partial charge in [-0.05, 0) is 43.0 Å². The van der Waals surface area contributed by atoms with Crippen molar-refractivity contribution in [1.29, 1.82) is 0 Å². The fourth-order valence-corrected chi connectivity index (χ4v) is 4.98. The van der Waals surface area contributed by atoms with Gasteiger partial charge in [0.15, 0.2) is 0 Å². The lowest BCUT2D eigenvalue weighted by Gasteiger charge is -2.32. The highest BCUT2D eigenvalue weighted by Crippen LogP contribution is 2.30. The number of anilines is 1. The summed E-state index contributed by atoms with van der Waals surface area (Å²) < 4.78 is 33.6. The lowest BCUT2D eigenvalue weighted by atomic mass is 10.0. The Bertz CT molecular complexity index is 1190. The van der Waals surface area contributed by atoms with Crippen LogP contribution in [0.2, 0.25) is 0 Å². The Kier molecular flexibility index (Phi) is 8.22. The van der Waals surface area contributed by atoms with Gasteiger partial charge in [0, 0.05) is 44.2 Å². The molecule has 2 fully saturated rings. The largest absolute Gasteiger partial charge is 0.474 e. The van der Waals surface area contributed by atoms with Crippen LogP contribution in [-0.2, 0) is 32.6 Å². The SMILES string of the molecule is CCc1cnc(N2CCC(Oc3ncnc(Oc4ccc(C[C@H]5CO[S@@](=O)OC5)cc4)c3C)CC2)nc1. The molecule has 2 saturated heterocycles. The molecule has 37 heavy (non-hydrogen) atoms. The second-order valence-electron chi connectivity index (χ2n) is 9.25. The first kappa shape index (κ1) is 25.5. The lowest BCUT2D eigenvalue weighted by molar-refractivity contribution is 0.124. The van der Waals surface area contributed by atoms with Crippen LogP contribution in [0.4, 0.5) is 5.95 Å². The Morgan fingerprint density at radius 1 is 0.973 bits per heavy atom. The summed E-state index contributed by atoms with van der Waals surface area (Å²) in [4.78, 5) is 19.9. The Balaban J connectivity index is 1.15. The number of hydrogen-bond donors (Lipinski definition) is 0. The molecule has 0 unspecified atom stereocenters. The zero-order valence-corrected chi connectivity index (χ0v) is 21.9. The Morgan fingerprint density at radius 3 is 2.32 bits per heavy atom. The topological polar surface area (TPSA) is 109 Å². The predicted octanol–water partition coefficient (Wildman–Crippen LogP) is 3.76. The second kappa shape index (κ2) is 11.9. The molecule has 5 rings (SSSR count). The van der Waals surface area contributed by atoms with Crippen LogP contribution in [-0.4, -0.2) is 56.6 Å². The molecule has 3 aromatic rings. The first-order valence-corrected chi connectivity index (χ1v) is 13.6. The van der Waals surface area contributed by atoms with E-state index >= 15 is 0 Å². The van der Waals surface area contributed by atoms with E-state index in [2.05, 4.69) is 31.8 Å². The van der Waals surface area contributed by atoms with Gasteiger partial charge in [0.2, 0.25) is 17.7 Å². The van der Waals surface area contributed by atoms with E-state index in [0.29, 0.717) is 30.7 Å². The highest BCUT2D eigenvalue weighted by Gasteiger charge is 2.24. The van der Waals surface area contributed by atoms with Gasteiger partial charge in [-0.15, -0.1) is 0 Å². The molecule has 196 valence electrons. The van der Waals surface area contributed by atoms with Crippen molar-refractivity contribution in [1.82, 2.24) is 19.9 Å². The average molecular weight is 526 g/mol. The number of benzene rings is 1. The van der Waals surface area contributed by atoms with Crippen LogP contribution >= 0.6 is 0 Å². The van der Waals surface area contributed by atoms with Gasteiger partial charge in [0.1, 0.15) is 18.2 Å². The van der Waals surface area contributed by atoms with Crippen molar-refractivity contribution in [2.75, 3.05) is 31.2 Å².